The lowest BCUT2D eigenvalue weighted by Crippen LogP contribution is -2.67. The van der Waals surface area contributed by atoms with Gasteiger partial charge in [-0.2, -0.15) is 0 Å². The molecule has 7 rings (SSSR count). The molecule has 5 heterocycles. The summed E-state index contributed by atoms with van der Waals surface area (Å²) >= 11 is 0. The van der Waals surface area contributed by atoms with Crippen molar-refractivity contribution in [1.82, 2.24) is 0 Å². The van der Waals surface area contributed by atoms with Crippen molar-refractivity contribution in [3.05, 3.63) is 34.5 Å². The minimum Gasteiger partial charge on any atom is -0.508 e. The van der Waals surface area contributed by atoms with E-state index in [4.69, 9.17) is 47.0 Å². The van der Waals surface area contributed by atoms with Gasteiger partial charge < -0.3 is 124 Å². The molecule has 0 aliphatic carbocycles. The number of aliphatic hydroxyl groups excluding tert-OH is 12. The third-order valence-electron chi connectivity index (χ3n) is 11.8. The van der Waals surface area contributed by atoms with Gasteiger partial charge in [0.2, 0.25) is 29.5 Å². The number of hydrogen-bond acceptors (Lipinski definition) is 26. The average Bonchev–Trinajstić information content (AvgIpc) is 3.28. The molecular formula is C40H52O26. The molecule has 26 nitrogen and oxygen atoms in total. The predicted octanol–water partition coefficient (Wildman–Crippen LogP) is -5.35. The lowest BCUT2D eigenvalue weighted by atomic mass is 9.96. The number of methoxy groups -OCH3 is 1. The maximum Gasteiger partial charge on any atom is 0.239 e. The van der Waals surface area contributed by atoms with E-state index in [9.17, 15) is 81.4 Å². The van der Waals surface area contributed by atoms with Crippen LogP contribution in [0.1, 0.15) is 13.8 Å². The van der Waals surface area contributed by atoms with Gasteiger partial charge in [0.05, 0.1) is 32.5 Å². The maximum absolute atomic E-state index is 14.6. The third-order valence-corrected chi connectivity index (χ3v) is 11.8. The van der Waals surface area contributed by atoms with Crippen LogP contribution in [0, 0.1) is 0 Å². The largest absolute Gasteiger partial charge is 0.508 e. The molecule has 1 aromatic heterocycles. The number of rotatable bonds is 12. The molecule has 4 aliphatic heterocycles. The van der Waals surface area contributed by atoms with Crippen LogP contribution in [0.3, 0.4) is 0 Å². The Morgan fingerprint density at radius 3 is 1.67 bits per heavy atom. The van der Waals surface area contributed by atoms with Crippen LogP contribution in [-0.4, -0.2) is 220 Å². The van der Waals surface area contributed by atoms with Crippen molar-refractivity contribution in [1.29, 1.82) is 0 Å². The summed E-state index contributed by atoms with van der Waals surface area (Å²) in [7, 11) is 1.10. The van der Waals surface area contributed by atoms with Gasteiger partial charge in [-0.1, -0.05) is 0 Å². The van der Waals surface area contributed by atoms with Crippen LogP contribution >= 0.6 is 0 Å². The van der Waals surface area contributed by atoms with Gasteiger partial charge in [0.25, 0.3) is 0 Å². The van der Waals surface area contributed by atoms with E-state index in [1.165, 1.54) is 13.8 Å². The first-order valence-corrected chi connectivity index (χ1v) is 20.4. The predicted molar refractivity (Wildman–Crippen MR) is 211 cm³/mol. The lowest BCUT2D eigenvalue weighted by Gasteiger charge is -2.48. The minimum absolute atomic E-state index is 0.301. The molecule has 4 saturated heterocycles. The fraction of sp³-hybridized carbons (Fsp3) is 0.625. The minimum atomic E-state index is -2.15. The van der Waals surface area contributed by atoms with E-state index < -0.39 is 193 Å². The summed E-state index contributed by atoms with van der Waals surface area (Å²) in [6, 6.07) is 3.77. The van der Waals surface area contributed by atoms with Crippen molar-refractivity contribution in [3.8, 4) is 45.8 Å². The molecule has 0 spiro atoms. The Hall–Kier alpha value is -4.27. The Labute approximate surface area is 371 Å². The zero-order chi connectivity index (χ0) is 48.2. The van der Waals surface area contributed by atoms with E-state index in [-0.39, 0.29) is 5.56 Å². The van der Waals surface area contributed by atoms with Crippen molar-refractivity contribution in [2.45, 2.75) is 137 Å². The molecule has 66 heavy (non-hydrogen) atoms. The summed E-state index contributed by atoms with van der Waals surface area (Å²) in [5.41, 5.74) is -2.00. The molecule has 0 bridgehead atoms. The molecule has 20 unspecified atom stereocenters. The van der Waals surface area contributed by atoms with E-state index in [1.54, 1.807) is 0 Å². The van der Waals surface area contributed by atoms with Gasteiger partial charge in [0, 0.05) is 17.7 Å². The monoisotopic (exact) mass is 948 g/mol. The molecular weight excluding hydrogens is 896 g/mol. The molecule has 0 amide bonds. The average molecular weight is 949 g/mol. The van der Waals surface area contributed by atoms with E-state index in [1.807, 2.05) is 0 Å². The van der Waals surface area contributed by atoms with Gasteiger partial charge >= 0.3 is 0 Å². The molecule has 3 aromatic rings. The summed E-state index contributed by atoms with van der Waals surface area (Å²) in [5, 5.41) is 159. The van der Waals surface area contributed by atoms with Crippen LogP contribution in [0.15, 0.2) is 33.5 Å². The SMILES string of the molecule is COc1cc(-c2oc3cc(O)cc(O)c3c(=O)c2OC2OC(CO)C(OC3OC(C)C(O)C(O)C3O)C(O)C2OC2OC(C)C(O)C(O)C2O)cc(OC2OC(CO)C(O)C(O)C2O)c1O. The van der Waals surface area contributed by atoms with E-state index in [2.05, 4.69) is 0 Å². The Morgan fingerprint density at radius 2 is 1.09 bits per heavy atom. The molecule has 15 N–H and O–H groups in total. The van der Waals surface area contributed by atoms with Crippen molar-refractivity contribution in [2.24, 2.45) is 0 Å². The Kier molecular flexibility index (Phi) is 14.9. The van der Waals surface area contributed by atoms with Gasteiger partial charge in [-0.15, -0.1) is 0 Å². The summed E-state index contributed by atoms with van der Waals surface area (Å²) < 4.78 is 57.6. The molecule has 368 valence electrons. The molecule has 4 fully saturated rings. The molecule has 2 aromatic carbocycles. The van der Waals surface area contributed by atoms with E-state index in [0.29, 0.717) is 0 Å². The third kappa shape index (κ3) is 9.19. The van der Waals surface area contributed by atoms with Crippen LogP contribution in [0.4, 0.5) is 0 Å². The topological polar surface area (TPSA) is 417 Å². The highest BCUT2D eigenvalue weighted by atomic mass is 16.8. The molecule has 0 saturated carbocycles. The number of phenolic OH excluding ortho intramolecular Hbond substituents is 3. The highest BCUT2D eigenvalue weighted by Gasteiger charge is 2.54. The van der Waals surface area contributed by atoms with Crippen LogP contribution in [0.25, 0.3) is 22.3 Å². The second kappa shape index (κ2) is 19.8. The molecule has 26 heteroatoms. The van der Waals surface area contributed by atoms with Gasteiger partial charge in [0.1, 0.15) is 102 Å². The van der Waals surface area contributed by atoms with Crippen molar-refractivity contribution in [2.75, 3.05) is 20.3 Å². The summed E-state index contributed by atoms with van der Waals surface area (Å²) in [6.07, 6.45) is -35.8. The number of phenols is 3. The Bertz CT molecular complexity index is 2220. The molecule has 0 radical (unpaired) electrons. The number of fused-ring (bicyclic) bond motifs is 1. The number of aromatic hydroxyl groups is 3. The highest BCUT2D eigenvalue weighted by molar-refractivity contribution is 5.88. The van der Waals surface area contributed by atoms with Crippen molar-refractivity contribution < 1.29 is 124 Å². The summed E-state index contributed by atoms with van der Waals surface area (Å²) in [4.78, 5) is 14.6. The number of aliphatic hydroxyl groups is 12. The Morgan fingerprint density at radius 1 is 0.561 bits per heavy atom. The van der Waals surface area contributed by atoms with Gasteiger partial charge in [-0.3, -0.25) is 4.79 Å². The van der Waals surface area contributed by atoms with Crippen LogP contribution in [0.2, 0.25) is 0 Å². The number of ether oxygens (including phenoxy) is 9. The number of hydrogen-bond donors (Lipinski definition) is 15. The van der Waals surface area contributed by atoms with Crippen LogP contribution < -0.4 is 19.6 Å². The number of benzene rings is 2. The molecule has 20 atom stereocenters. The molecule has 4 aliphatic rings. The first kappa shape index (κ1) is 49.6. The van der Waals surface area contributed by atoms with Gasteiger partial charge in [-0.05, 0) is 26.0 Å². The zero-order valence-electron chi connectivity index (χ0n) is 35.0. The second-order valence-electron chi connectivity index (χ2n) is 16.2. The first-order valence-electron chi connectivity index (χ1n) is 20.4. The van der Waals surface area contributed by atoms with Gasteiger partial charge in [-0.25, -0.2) is 0 Å². The van der Waals surface area contributed by atoms with Gasteiger partial charge in [0.15, 0.2) is 35.9 Å². The fourth-order valence-corrected chi connectivity index (χ4v) is 7.94. The van der Waals surface area contributed by atoms with Crippen LogP contribution in [0.5, 0.6) is 34.5 Å². The smallest absolute Gasteiger partial charge is 0.239 e. The lowest BCUT2D eigenvalue weighted by molar-refractivity contribution is -0.376. The maximum atomic E-state index is 14.6. The van der Waals surface area contributed by atoms with E-state index in [0.717, 1.165) is 31.4 Å². The van der Waals surface area contributed by atoms with Crippen molar-refractivity contribution >= 4 is 11.0 Å². The summed E-state index contributed by atoms with van der Waals surface area (Å²) in [5.74, 6) is -4.77. The second-order valence-corrected chi connectivity index (χ2v) is 16.2. The zero-order valence-corrected chi connectivity index (χ0v) is 35.0. The quantitative estimate of drug-likeness (QED) is 0.0806. The fourth-order valence-electron chi connectivity index (χ4n) is 7.94. The van der Waals surface area contributed by atoms with E-state index >= 15 is 0 Å². The first-order chi connectivity index (χ1) is 31.2. The van der Waals surface area contributed by atoms with Crippen LogP contribution in [-0.2, 0) is 28.4 Å². The highest BCUT2D eigenvalue weighted by Crippen LogP contribution is 2.45. The Balaban J connectivity index is 1.34. The normalized spacial score (nSPS) is 39.7. The van der Waals surface area contributed by atoms with Crippen molar-refractivity contribution in [3.63, 3.8) is 0 Å². The summed E-state index contributed by atoms with van der Waals surface area (Å²) in [6.45, 7) is 0.791. The standard InChI is InChI=1S/C40H52O26/c1-10-21(45)26(50)29(53)37(58-10)64-34-19(9-42)63-40(36(32(34)56)66-38-30(54)27(51)22(46)11(2)59-38)65-35-25(49)20-14(44)6-13(43)7-15(20)60-33(35)12-4-16(57-3)23(47)17(5-12)61-39-31(55)28(52)24(48)18(8-41)62-39/h4-7,10-11,18-19,21-22,24,26-32,34,36-48,50-56H,8-9H2,1-3H3.